The van der Waals surface area contributed by atoms with Crippen LogP contribution in [0.25, 0.3) is 0 Å². The highest BCUT2D eigenvalue weighted by atomic mass is 79.9. The zero-order valence-electron chi connectivity index (χ0n) is 10.1. The monoisotopic (exact) mass is 313 g/mol. The number of hydrogen-bond acceptors (Lipinski definition) is 3. The molecule has 0 fully saturated rings. The third kappa shape index (κ3) is 2.33. The average Bonchev–Trinajstić information content (AvgIpc) is 2.61. The normalized spacial score (nSPS) is 10.7. The van der Waals surface area contributed by atoms with Crippen molar-refractivity contribution >= 4 is 21.6 Å². The molecular formula is C12H13BrFN3O. The molecule has 0 saturated carbocycles. The van der Waals surface area contributed by atoms with Gasteiger partial charge in [-0.05, 0) is 48.0 Å². The van der Waals surface area contributed by atoms with E-state index in [2.05, 4.69) is 21.0 Å². The summed E-state index contributed by atoms with van der Waals surface area (Å²) in [7, 11) is 0. The second kappa shape index (κ2) is 4.97. The van der Waals surface area contributed by atoms with Gasteiger partial charge < -0.3 is 10.5 Å². The first kappa shape index (κ1) is 12.9. The van der Waals surface area contributed by atoms with Crippen molar-refractivity contribution in [1.29, 1.82) is 0 Å². The first-order valence-corrected chi connectivity index (χ1v) is 6.28. The molecule has 96 valence electrons. The van der Waals surface area contributed by atoms with E-state index in [0.29, 0.717) is 34.0 Å². The summed E-state index contributed by atoms with van der Waals surface area (Å²) in [6, 6.07) is 4.42. The molecule has 0 radical (unpaired) electrons. The van der Waals surface area contributed by atoms with Crippen LogP contribution < -0.4 is 10.5 Å². The molecule has 0 saturated heterocycles. The zero-order chi connectivity index (χ0) is 13.3. The standard InChI is InChI=1S/C12H13BrFN3O/c1-3-17-12(11(15)7(2)16-17)18-8-4-5-10(14)9(13)6-8/h4-6H,3,15H2,1-2H3. The smallest absolute Gasteiger partial charge is 0.241 e. The summed E-state index contributed by atoms with van der Waals surface area (Å²) >= 11 is 3.11. The summed E-state index contributed by atoms with van der Waals surface area (Å²) in [5, 5.41) is 4.25. The number of aromatic nitrogens is 2. The Bertz CT molecular complexity index is 583. The van der Waals surface area contributed by atoms with Gasteiger partial charge in [0.05, 0.1) is 10.2 Å². The third-order valence-corrected chi connectivity index (χ3v) is 3.14. The first-order valence-electron chi connectivity index (χ1n) is 5.48. The van der Waals surface area contributed by atoms with Crippen molar-refractivity contribution in [3.8, 4) is 11.6 Å². The molecule has 0 spiro atoms. The number of rotatable bonds is 3. The van der Waals surface area contributed by atoms with Gasteiger partial charge in [0, 0.05) is 6.54 Å². The van der Waals surface area contributed by atoms with Gasteiger partial charge in [-0.2, -0.15) is 5.10 Å². The van der Waals surface area contributed by atoms with E-state index in [1.54, 1.807) is 16.8 Å². The molecule has 1 heterocycles. The van der Waals surface area contributed by atoms with Crippen LogP contribution in [0.3, 0.4) is 0 Å². The van der Waals surface area contributed by atoms with Crippen LogP contribution in [0.15, 0.2) is 22.7 Å². The fourth-order valence-electron chi connectivity index (χ4n) is 1.55. The number of nitrogen functional groups attached to an aromatic ring is 1. The highest BCUT2D eigenvalue weighted by Gasteiger charge is 2.14. The molecule has 4 nitrogen and oxygen atoms in total. The summed E-state index contributed by atoms with van der Waals surface area (Å²) in [5.74, 6) is 0.647. The number of benzene rings is 1. The van der Waals surface area contributed by atoms with Crippen LogP contribution in [0.1, 0.15) is 12.6 Å². The van der Waals surface area contributed by atoms with Gasteiger partial charge >= 0.3 is 0 Å². The number of ether oxygens (including phenoxy) is 1. The summed E-state index contributed by atoms with van der Waals surface area (Å²) in [4.78, 5) is 0. The van der Waals surface area contributed by atoms with Crippen LogP contribution in [0, 0.1) is 12.7 Å². The Labute approximate surface area is 113 Å². The molecule has 0 unspecified atom stereocenters. The molecule has 0 bridgehead atoms. The Kier molecular flexibility index (Phi) is 3.56. The molecule has 2 N–H and O–H groups in total. The molecule has 1 aromatic heterocycles. The van der Waals surface area contributed by atoms with Gasteiger partial charge in [0.1, 0.15) is 17.3 Å². The zero-order valence-corrected chi connectivity index (χ0v) is 11.7. The molecule has 0 amide bonds. The SMILES string of the molecule is CCn1nc(C)c(N)c1Oc1ccc(F)c(Br)c1. The lowest BCUT2D eigenvalue weighted by Gasteiger charge is -2.08. The molecule has 0 atom stereocenters. The summed E-state index contributed by atoms with van der Waals surface area (Å²) < 4.78 is 20.8. The molecule has 6 heteroatoms. The summed E-state index contributed by atoms with van der Waals surface area (Å²) in [6.45, 7) is 4.41. The van der Waals surface area contributed by atoms with E-state index < -0.39 is 0 Å². The van der Waals surface area contributed by atoms with E-state index in [9.17, 15) is 4.39 Å². The maximum Gasteiger partial charge on any atom is 0.241 e. The van der Waals surface area contributed by atoms with Crippen LogP contribution in [-0.4, -0.2) is 9.78 Å². The molecular weight excluding hydrogens is 301 g/mol. The van der Waals surface area contributed by atoms with E-state index in [0.717, 1.165) is 0 Å². The minimum atomic E-state index is -0.337. The Balaban J connectivity index is 2.36. The number of nitrogens with zero attached hydrogens (tertiary/aromatic N) is 2. The molecule has 0 aliphatic carbocycles. The largest absolute Gasteiger partial charge is 0.437 e. The number of aryl methyl sites for hydroxylation is 2. The number of anilines is 1. The Morgan fingerprint density at radius 3 is 2.83 bits per heavy atom. The summed E-state index contributed by atoms with van der Waals surface area (Å²) in [5.41, 5.74) is 7.11. The van der Waals surface area contributed by atoms with Crippen LogP contribution in [0.4, 0.5) is 10.1 Å². The quantitative estimate of drug-likeness (QED) is 0.943. The van der Waals surface area contributed by atoms with Gasteiger partial charge in [0.2, 0.25) is 5.88 Å². The van der Waals surface area contributed by atoms with Crippen molar-refractivity contribution in [2.24, 2.45) is 0 Å². The van der Waals surface area contributed by atoms with Crippen LogP contribution >= 0.6 is 15.9 Å². The lowest BCUT2D eigenvalue weighted by Crippen LogP contribution is -2.01. The summed E-state index contributed by atoms with van der Waals surface area (Å²) in [6.07, 6.45) is 0. The van der Waals surface area contributed by atoms with Gasteiger partial charge in [0.25, 0.3) is 0 Å². The Morgan fingerprint density at radius 1 is 1.50 bits per heavy atom. The van der Waals surface area contributed by atoms with Gasteiger partial charge in [-0.25, -0.2) is 9.07 Å². The number of hydrogen-bond donors (Lipinski definition) is 1. The van der Waals surface area contributed by atoms with Crippen LogP contribution in [-0.2, 0) is 6.54 Å². The highest BCUT2D eigenvalue weighted by Crippen LogP contribution is 2.31. The van der Waals surface area contributed by atoms with Crippen molar-refractivity contribution in [2.45, 2.75) is 20.4 Å². The van der Waals surface area contributed by atoms with E-state index in [1.165, 1.54) is 6.07 Å². The molecule has 2 rings (SSSR count). The molecule has 1 aromatic carbocycles. The highest BCUT2D eigenvalue weighted by molar-refractivity contribution is 9.10. The fraction of sp³-hybridized carbons (Fsp3) is 0.250. The minimum absolute atomic E-state index is 0.337. The van der Waals surface area contributed by atoms with Gasteiger partial charge in [-0.3, -0.25) is 0 Å². The van der Waals surface area contributed by atoms with E-state index >= 15 is 0 Å². The van der Waals surface area contributed by atoms with E-state index in [4.69, 9.17) is 10.5 Å². The van der Waals surface area contributed by atoms with Crippen LogP contribution in [0.5, 0.6) is 11.6 Å². The number of nitrogens with two attached hydrogens (primary N) is 1. The predicted octanol–water partition coefficient (Wildman–Crippen LogP) is 3.49. The lowest BCUT2D eigenvalue weighted by atomic mass is 10.3. The lowest BCUT2D eigenvalue weighted by molar-refractivity contribution is 0.417. The van der Waals surface area contributed by atoms with Crippen molar-refractivity contribution < 1.29 is 9.13 Å². The number of halogens is 2. The van der Waals surface area contributed by atoms with Crippen LogP contribution in [0.2, 0.25) is 0 Å². The van der Waals surface area contributed by atoms with E-state index in [-0.39, 0.29) is 5.82 Å². The fourth-order valence-corrected chi connectivity index (χ4v) is 1.91. The predicted molar refractivity (Wildman–Crippen MR) is 71.2 cm³/mol. The van der Waals surface area contributed by atoms with Gasteiger partial charge in [0.15, 0.2) is 0 Å². The average molecular weight is 314 g/mol. The minimum Gasteiger partial charge on any atom is -0.437 e. The van der Waals surface area contributed by atoms with E-state index in [1.807, 2.05) is 13.8 Å². The maximum atomic E-state index is 13.1. The van der Waals surface area contributed by atoms with Crippen molar-refractivity contribution in [1.82, 2.24) is 9.78 Å². The van der Waals surface area contributed by atoms with Crippen molar-refractivity contribution in [3.05, 3.63) is 34.2 Å². The third-order valence-electron chi connectivity index (χ3n) is 2.53. The second-order valence-electron chi connectivity index (χ2n) is 3.80. The molecule has 2 aromatic rings. The second-order valence-corrected chi connectivity index (χ2v) is 4.65. The molecule has 18 heavy (non-hydrogen) atoms. The topological polar surface area (TPSA) is 53.1 Å². The molecule has 0 aliphatic heterocycles. The molecule has 0 aliphatic rings. The maximum absolute atomic E-state index is 13.1. The van der Waals surface area contributed by atoms with Crippen molar-refractivity contribution in [2.75, 3.05) is 5.73 Å². The Hall–Kier alpha value is -1.56. The van der Waals surface area contributed by atoms with Gasteiger partial charge in [-0.15, -0.1) is 0 Å². The van der Waals surface area contributed by atoms with Gasteiger partial charge in [-0.1, -0.05) is 0 Å². The van der Waals surface area contributed by atoms with Crippen molar-refractivity contribution in [3.63, 3.8) is 0 Å². The Morgan fingerprint density at radius 2 is 2.22 bits per heavy atom. The first-order chi connectivity index (χ1) is 8.52.